The van der Waals surface area contributed by atoms with E-state index in [4.69, 9.17) is 11.6 Å². The molecular weight excluding hydrogens is 350 g/mol. The average Bonchev–Trinajstić information content (AvgIpc) is 2.60. The van der Waals surface area contributed by atoms with Gasteiger partial charge in [-0.2, -0.15) is 0 Å². The fourth-order valence-electron chi connectivity index (χ4n) is 2.01. The van der Waals surface area contributed by atoms with Crippen molar-refractivity contribution in [2.75, 3.05) is 10.6 Å². The Morgan fingerprint density at radius 1 is 1.04 bits per heavy atom. The van der Waals surface area contributed by atoms with E-state index >= 15 is 0 Å². The van der Waals surface area contributed by atoms with Gasteiger partial charge in [-0.1, -0.05) is 23.7 Å². The molecule has 0 saturated heterocycles. The lowest BCUT2D eigenvalue weighted by Crippen LogP contribution is -2.15. The highest BCUT2D eigenvalue weighted by Crippen LogP contribution is 2.23. The monoisotopic (exact) mass is 360 g/mol. The fourth-order valence-corrected chi connectivity index (χ4v) is 2.19. The topological polar surface area (TPSA) is 66.9 Å². The second kappa shape index (κ2) is 7.23. The maximum Gasteiger partial charge on any atom is 0.274 e. The van der Waals surface area contributed by atoms with Crippen molar-refractivity contribution in [3.63, 3.8) is 0 Å². The summed E-state index contributed by atoms with van der Waals surface area (Å²) in [4.78, 5) is 20.3. The first kappa shape index (κ1) is 16.8. The number of aromatic nitrogens is 2. The first-order chi connectivity index (χ1) is 12.0. The summed E-state index contributed by atoms with van der Waals surface area (Å²) in [5.74, 6) is -2.11. The molecule has 3 aromatic rings. The minimum atomic E-state index is -0.878. The van der Waals surface area contributed by atoms with Gasteiger partial charge in [0.1, 0.15) is 17.3 Å². The molecule has 0 aliphatic carbocycles. The molecule has 5 nitrogen and oxygen atoms in total. The predicted octanol–water partition coefficient (Wildman–Crippen LogP) is 4.40. The number of para-hydroxylation sites is 1. The van der Waals surface area contributed by atoms with Gasteiger partial charge in [0.2, 0.25) is 5.95 Å². The van der Waals surface area contributed by atoms with Crippen molar-refractivity contribution in [1.82, 2.24) is 9.97 Å². The quantitative estimate of drug-likeness (QED) is 0.723. The molecule has 8 heteroatoms. The SMILES string of the molecule is O=C(Nc1ccc(F)cc1F)c1ccnc(Nc2ccccc2Cl)n1. The van der Waals surface area contributed by atoms with Crippen molar-refractivity contribution in [2.24, 2.45) is 0 Å². The van der Waals surface area contributed by atoms with Crippen LogP contribution in [0.25, 0.3) is 0 Å². The van der Waals surface area contributed by atoms with Gasteiger partial charge >= 0.3 is 0 Å². The van der Waals surface area contributed by atoms with Crippen LogP contribution in [-0.2, 0) is 0 Å². The highest BCUT2D eigenvalue weighted by Gasteiger charge is 2.13. The number of amides is 1. The zero-order valence-corrected chi connectivity index (χ0v) is 13.4. The van der Waals surface area contributed by atoms with Gasteiger partial charge in [-0.3, -0.25) is 4.79 Å². The Balaban J connectivity index is 1.79. The molecule has 0 radical (unpaired) electrons. The van der Waals surface area contributed by atoms with Crippen molar-refractivity contribution in [3.8, 4) is 0 Å². The highest BCUT2D eigenvalue weighted by molar-refractivity contribution is 6.33. The molecule has 1 amide bonds. The van der Waals surface area contributed by atoms with Gasteiger partial charge in [0.05, 0.1) is 16.4 Å². The van der Waals surface area contributed by atoms with E-state index in [1.807, 2.05) is 0 Å². The largest absolute Gasteiger partial charge is 0.323 e. The van der Waals surface area contributed by atoms with Gasteiger partial charge in [-0.25, -0.2) is 18.7 Å². The average molecular weight is 361 g/mol. The number of nitrogens with zero attached hydrogens (tertiary/aromatic N) is 2. The van der Waals surface area contributed by atoms with Gasteiger partial charge in [0.25, 0.3) is 5.91 Å². The summed E-state index contributed by atoms with van der Waals surface area (Å²) in [7, 11) is 0. The highest BCUT2D eigenvalue weighted by atomic mass is 35.5. The number of rotatable bonds is 4. The summed E-state index contributed by atoms with van der Waals surface area (Å²) >= 11 is 6.04. The van der Waals surface area contributed by atoms with Crippen LogP contribution in [0.2, 0.25) is 5.02 Å². The zero-order chi connectivity index (χ0) is 17.8. The molecule has 0 fully saturated rings. The molecule has 0 unspecified atom stereocenters. The van der Waals surface area contributed by atoms with Crippen molar-refractivity contribution in [2.45, 2.75) is 0 Å². The van der Waals surface area contributed by atoms with E-state index in [0.717, 1.165) is 12.1 Å². The third kappa shape index (κ3) is 4.07. The van der Waals surface area contributed by atoms with E-state index in [0.29, 0.717) is 16.8 Å². The summed E-state index contributed by atoms with van der Waals surface area (Å²) in [5, 5.41) is 5.69. The Morgan fingerprint density at radius 2 is 1.84 bits per heavy atom. The minimum Gasteiger partial charge on any atom is -0.323 e. The lowest BCUT2D eigenvalue weighted by molar-refractivity contribution is 0.102. The Hall–Kier alpha value is -3.06. The second-order valence-electron chi connectivity index (χ2n) is 4.95. The molecule has 0 saturated carbocycles. The van der Waals surface area contributed by atoms with Crippen LogP contribution in [-0.4, -0.2) is 15.9 Å². The first-order valence-electron chi connectivity index (χ1n) is 7.14. The summed E-state index contributed by atoms with van der Waals surface area (Å²) in [6.45, 7) is 0. The maximum absolute atomic E-state index is 13.6. The summed E-state index contributed by atoms with van der Waals surface area (Å²) in [6.07, 6.45) is 1.38. The van der Waals surface area contributed by atoms with Gasteiger partial charge in [0.15, 0.2) is 0 Å². The molecule has 0 bridgehead atoms. The van der Waals surface area contributed by atoms with E-state index in [-0.39, 0.29) is 17.3 Å². The number of benzene rings is 2. The van der Waals surface area contributed by atoms with Crippen molar-refractivity contribution < 1.29 is 13.6 Å². The molecule has 0 aliphatic heterocycles. The molecule has 1 aromatic heterocycles. The van der Waals surface area contributed by atoms with Crippen LogP contribution in [0.5, 0.6) is 0 Å². The first-order valence-corrected chi connectivity index (χ1v) is 7.52. The smallest absolute Gasteiger partial charge is 0.274 e. The summed E-state index contributed by atoms with van der Waals surface area (Å²) in [5.41, 5.74) is 0.435. The number of carbonyl (C=O) groups excluding carboxylic acids is 1. The molecule has 1 heterocycles. The number of hydrogen-bond donors (Lipinski definition) is 2. The van der Waals surface area contributed by atoms with Crippen molar-refractivity contribution >= 4 is 34.8 Å². The van der Waals surface area contributed by atoms with E-state index in [2.05, 4.69) is 20.6 Å². The Morgan fingerprint density at radius 3 is 2.60 bits per heavy atom. The van der Waals surface area contributed by atoms with E-state index in [1.165, 1.54) is 12.3 Å². The molecule has 2 aromatic carbocycles. The molecule has 2 N–H and O–H groups in total. The normalized spacial score (nSPS) is 10.4. The van der Waals surface area contributed by atoms with Crippen LogP contribution >= 0.6 is 11.6 Å². The molecule has 3 rings (SSSR count). The van der Waals surface area contributed by atoms with Crippen LogP contribution in [0.3, 0.4) is 0 Å². The lowest BCUT2D eigenvalue weighted by Gasteiger charge is -2.09. The Labute approximate surface area is 146 Å². The minimum absolute atomic E-state index is 0.00767. The number of anilines is 3. The van der Waals surface area contributed by atoms with Gasteiger partial charge in [-0.05, 0) is 30.3 Å². The third-order valence-corrected chi connectivity index (χ3v) is 3.52. The fraction of sp³-hybridized carbons (Fsp3) is 0. The van der Waals surface area contributed by atoms with E-state index < -0.39 is 17.5 Å². The molecule has 0 aliphatic rings. The molecule has 25 heavy (non-hydrogen) atoms. The van der Waals surface area contributed by atoms with E-state index in [9.17, 15) is 13.6 Å². The molecular formula is C17H11ClF2N4O. The van der Waals surface area contributed by atoms with Gasteiger partial charge < -0.3 is 10.6 Å². The number of nitrogens with one attached hydrogen (secondary N) is 2. The summed E-state index contributed by atoms with van der Waals surface area (Å²) < 4.78 is 26.5. The van der Waals surface area contributed by atoms with E-state index in [1.54, 1.807) is 24.3 Å². The lowest BCUT2D eigenvalue weighted by atomic mass is 10.3. The third-order valence-electron chi connectivity index (χ3n) is 3.19. The van der Waals surface area contributed by atoms with Gasteiger partial charge in [-0.15, -0.1) is 0 Å². The number of hydrogen-bond acceptors (Lipinski definition) is 4. The zero-order valence-electron chi connectivity index (χ0n) is 12.6. The van der Waals surface area contributed by atoms with Crippen LogP contribution in [0.4, 0.5) is 26.1 Å². The maximum atomic E-state index is 13.6. The van der Waals surface area contributed by atoms with Gasteiger partial charge in [0, 0.05) is 12.3 Å². The number of carbonyl (C=O) groups is 1. The van der Waals surface area contributed by atoms with Crippen LogP contribution in [0, 0.1) is 11.6 Å². The van der Waals surface area contributed by atoms with Crippen LogP contribution in [0.1, 0.15) is 10.5 Å². The van der Waals surface area contributed by atoms with Crippen molar-refractivity contribution in [3.05, 3.63) is 77.1 Å². The Bertz CT molecular complexity index is 936. The molecule has 0 spiro atoms. The summed E-state index contributed by atoms with van der Waals surface area (Å²) in [6, 6.07) is 11.2. The van der Waals surface area contributed by atoms with Crippen LogP contribution in [0.15, 0.2) is 54.7 Å². The number of halogens is 3. The standard InChI is InChI=1S/C17H11ClF2N4O/c18-11-3-1-2-4-13(11)23-17-21-8-7-15(24-17)16(25)22-14-6-5-10(19)9-12(14)20/h1-9H,(H,22,25)(H,21,23,24). The predicted molar refractivity (Wildman–Crippen MR) is 91.1 cm³/mol. The van der Waals surface area contributed by atoms with Crippen LogP contribution < -0.4 is 10.6 Å². The Kier molecular flexibility index (Phi) is 4.85. The van der Waals surface area contributed by atoms with Crippen molar-refractivity contribution in [1.29, 1.82) is 0 Å². The molecule has 126 valence electrons. The molecule has 0 atom stereocenters. The second-order valence-corrected chi connectivity index (χ2v) is 5.36.